The minimum Gasteiger partial charge on any atom is -0.205 e. The molecule has 1 aromatic rings. The number of benzene rings is 1. The largest absolute Gasteiger partial charge is 0.488 e. The SMILES string of the molecule is O=S(=O)([N]C(F)(F)F)c1ccccc1Cl. The minimum atomic E-state index is -5.14. The van der Waals surface area contributed by atoms with E-state index in [1.807, 2.05) is 0 Å². The summed E-state index contributed by atoms with van der Waals surface area (Å²) >= 11 is 5.43. The number of alkyl halides is 3. The van der Waals surface area contributed by atoms with Crippen LogP contribution in [0.1, 0.15) is 0 Å². The van der Waals surface area contributed by atoms with Crippen LogP contribution in [0.4, 0.5) is 13.2 Å². The van der Waals surface area contributed by atoms with Crippen LogP contribution < -0.4 is 4.72 Å². The molecule has 83 valence electrons. The van der Waals surface area contributed by atoms with Gasteiger partial charge in [-0.05, 0) is 16.9 Å². The molecule has 0 bridgehead atoms. The molecule has 0 aliphatic rings. The van der Waals surface area contributed by atoms with E-state index in [0.29, 0.717) is 0 Å². The first-order valence-electron chi connectivity index (χ1n) is 3.53. The topological polar surface area (TPSA) is 48.2 Å². The Bertz CT molecular complexity index is 458. The van der Waals surface area contributed by atoms with Crippen molar-refractivity contribution >= 4 is 21.6 Å². The summed E-state index contributed by atoms with van der Waals surface area (Å²) in [6.07, 6.45) is -5.14. The lowest BCUT2D eigenvalue weighted by molar-refractivity contribution is -0.140. The third-order valence-electron chi connectivity index (χ3n) is 1.34. The summed E-state index contributed by atoms with van der Waals surface area (Å²) in [5, 5.41) is -0.300. The normalized spacial score (nSPS) is 12.8. The summed E-state index contributed by atoms with van der Waals surface area (Å²) in [7, 11) is -4.78. The van der Waals surface area contributed by atoms with E-state index < -0.39 is 21.2 Å². The molecule has 0 heterocycles. The quantitative estimate of drug-likeness (QED) is 0.763. The van der Waals surface area contributed by atoms with Gasteiger partial charge in [0.15, 0.2) is 0 Å². The Morgan fingerprint density at radius 3 is 2.20 bits per heavy atom. The molecule has 0 unspecified atom stereocenters. The van der Waals surface area contributed by atoms with Crippen LogP contribution in [0.15, 0.2) is 29.2 Å². The highest BCUT2D eigenvalue weighted by Gasteiger charge is 2.38. The third-order valence-corrected chi connectivity index (χ3v) is 3.14. The van der Waals surface area contributed by atoms with Crippen molar-refractivity contribution in [1.29, 1.82) is 0 Å². The average molecular weight is 259 g/mol. The molecule has 0 fully saturated rings. The van der Waals surface area contributed by atoms with Crippen LogP contribution in [0.2, 0.25) is 5.02 Å². The van der Waals surface area contributed by atoms with E-state index in [4.69, 9.17) is 11.6 Å². The van der Waals surface area contributed by atoms with Crippen LogP contribution in [0.5, 0.6) is 0 Å². The van der Waals surface area contributed by atoms with Crippen molar-refractivity contribution < 1.29 is 21.6 Å². The fourth-order valence-electron chi connectivity index (χ4n) is 0.839. The van der Waals surface area contributed by atoms with E-state index in [9.17, 15) is 21.6 Å². The zero-order valence-corrected chi connectivity index (χ0v) is 8.57. The van der Waals surface area contributed by atoms with Gasteiger partial charge in [-0.2, -0.15) is 13.2 Å². The highest BCUT2D eigenvalue weighted by molar-refractivity contribution is 7.89. The van der Waals surface area contributed by atoms with Gasteiger partial charge in [0.1, 0.15) is 4.90 Å². The predicted molar refractivity (Wildman–Crippen MR) is 46.8 cm³/mol. The van der Waals surface area contributed by atoms with Gasteiger partial charge < -0.3 is 0 Å². The first-order valence-corrected chi connectivity index (χ1v) is 5.34. The molecule has 8 heteroatoms. The van der Waals surface area contributed by atoms with Crippen molar-refractivity contribution in [2.45, 2.75) is 11.2 Å². The van der Waals surface area contributed by atoms with Gasteiger partial charge in [0.25, 0.3) is 10.0 Å². The van der Waals surface area contributed by atoms with Crippen LogP contribution in [-0.4, -0.2) is 14.7 Å². The number of sulfonamides is 1. The third kappa shape index (κ3) is 3.37. The Morgan fingerprint density at radius 2 is 1.73 bits per heavy atom. The smallest absolute Gasteiger partial charge is 0.205 e. The summed E-state index contributed by atoms with van der Waals surface area (Å²) in [6, 6.07) is 4.77. The maximum atomic E-state index is 11.8. The molecule has 3 nitrogen and oxygen atoms in total. The van der Waals surface area contributed by atoms with Crippen molar-refractivity contribution in [3.05, 3.63) is 29.3 Å². The molecule has 0 saturated heterocycles. The molecule has 0 aromatic heterocycles. The molecule has 0 saturated carbocycles. The van der Waals surface area contributed by atoms with E-state index in [2.05, 4.69) is 0 Å². The highest BCUT2D eigenvalue weighted by Crippen LogP contribution is 2.24. The van der Waals surface area contributed by atoms with Crippen molar-refractivity contribution in [1.82, 2.24) is 4.72 Å². The van der Waals surface area contributed by atoms with E-state index in [1.54, 1.807) is 4.72 Å². The first-order chi connectivity index (χ1) is 6.72. The van der Waals surface area contributed by atoms with Gasteiger partial charge in [-0.15, -0.1) is 0 Å². The van der Waals surface area contributed by atoms with Gasteiger partial charge in [0.05, 0.1) is 5.02 Å². The monoisotopic (exact) mass is 258 g/mol. The summed E-state index contributed by atoms with van der Waals surface area (Å²) in [4.78, 5) is -0.663. The maximum Gasteiger partial charge on any atom is 0.488 e. The molecule has 0 atom stereocenters. The Kier molecular flexibility index (Phi) is 3.27. The Morgan fingerprint density at radius 1 is 1.20 bits per heavy atom. The Hall–Kier alpha value is -0.790. The summed E-state index contributed by atoms with van der Waals surface area (Å²) in [6.45, 7) is 0. The lowest BCUT2D eigenvalue weighted by Crippen LogP contribution is -2.30. The maximum absolute atomic E-state index is 11.8. The summed E-state index contributed by atoms with van der Waals surface area (Å²) in [5.74, 6) is 0. The molecular formula is C7H4ClF3NO2S. The number of rotatable bonds is 2. The average Bonchev–Trinajstić information content (AvgIpc) is 1.99. The molecule has 0 aliphatic carbocycles. The fraction of sp³-hybridized carbons (Fsp3) is 0.143. The summed E-state index contributed by atoms with van der Waals surface area (Å²) in [5.41, 5.74) is 0. The number of hydrogen-bond donors (Lipinski definition) is 0. The van der Waals surface area contributed by atoms with Gasteiger partial charge in [-0.1, -0.05) is 23.7 Å². The van der Waals surface area contributed by atoms with E-state index in [1.165, 1.54) is 18.2 Å². The Labute approximate surface area is 88.9 Å². The van der Waals surface area contributed by atoms with Gasteiger partial charge >= 0.3 is 6.30 Å². The van der Waals surface area contributed by atoms with Crippen molar-refractivity contribution in [2.75, 3.05) is 0 Å². The fourth-order valence-corrected chi connectivity index (χ4v) is 2.20. The van der Waals surface area contributed by atoms with E-state index in [0.717, 1.165) is 6.07 Å². The molecule has 1 rings (SSSR count). The number of halogens is 4. The molecule has 15 heavy (non-hydrogen) atoms. The van der Waals surface area contributed by atoms with Gasteiger partial charge in [-0.3, -0.25) is 0 Å². The number of hydrogen-bond acceptors (Lipinski definition) is 2. The lowest BCUT2D eigenvalue weighted by Gasteiger charge is -2.07. The van der Waals surface area contributed by atoms with Gasteiger partial charge in [0.2, 0.25) is 0 Å². The molecule has 0 N–H and O–H groups in total. The second-order valence-electron chi connectivity index (χ2n) is 2.46. The van der Waals surface area contributed by atoms with Crippen LogP contribution in [-0.2, 0) is 10.0 Å². The molecule has 0 aliphatic heterocycles. The second kappa shape index (κ2) is 3.99. The predicted octanol–water partition coefficient (Wildman–Crippen LogP) is 2.15. The molecule has 0 amide bonds. The van der Waals surface area contributed by atoms with E-state index in [-0.39, 0.29) is 5.02 Å². The van der Waals surface area contributed by atoms with Crippen LogP contribution in [0.3, 0.4) is 0 Å². The van der Waals surface area contributed by atoms with Crippen molar-refractivity contribution in [2.24, 2.45) is 0 Å². The highest BCUT2D eigenvalue weighted by atomic mass is 35.5. The molecule has 0 spiro atoms. The minimum absolute atomic E-state index is 0.300. The number of nitrogens with zero attached hydrogens (tertiary/aromatic N) is 1. The standard InChI is InChI=1S/C7H4ClF3NO2S/c8-5-3-1-2-4-6(5)15(13,14)12-7(9,10)11/h1-4H. The first kappa shape index (κ1) is 12.3. The van der Waals surface area contributed by atoms with Gasteiger partial charge in [-0.25, -0.2) is 8.42 Å². The van der Waals surface area contributed by atoms with Crippen LogP contribution in [0, 0.1) is 0 Å². The zero-order chi connectivity index (χ0) is 11.7. The second-order valence-corrected chi connectivity index (χ2v) is 4.44. The molecule has 1 aromatic carbocycles. The van der Waals surface area contributed by atoms with Crippen molar-refractivity contribution in [3.8, 4) is 0 Å². The van der Waals surface area contributed by atoms with E-state index >= 15 is 0 Å². The lowest BCUT2D eigenvalue weighted by atomic mass is 10.4. The van der Waals surface area contributed by atoms with Crippen LogP contribution >= 0.6 is 11.6 Å². The molecular weight excluding hydrogens is 255 g/mol. The van der Waals surface area contributed by atoms with Crippen LogP contribution in [0.25, 0.3) is 0 Å². The van der Waals surface area contributed by atoms with Gasteiger partial charge in [0, 0.05) is 0 Å². The zero-order valence-electron chi connectivity index (χ0n) is 6.99. The summed E-state index contributed by atoms with van der Waals surface area (Å²) < 4.78 is 59.3. The Balaban J connectivity index is 3.13. The molecule has 1 radical (unpaired) electrons. The van der Waals surface area contributed by atoms with Crippen molar-refractivity contribution in [3.63, 3.8) is 0 Å².